The van der Waals surface area contributed by atoms with Gasteiger partial charge < -0.3 is 34.9 Å². The predicted molar refractivity (Wildman–Crippen MR) is 108 cm³/mol. The van der Waals surface area contributed by atoms with Crippen LogP contribution in [0.5, 0.6) is 0 Å². The number of carbonyl (C=O) groups is 4. The summed E-state index contributed by atoms with van der Waals surface area (Å²) >= 11 is 0. The van der Waals surface area contributed by atoms with Crippen LogP contribution in [0.1, 0.15) is 26.7 Å². The van der Waals surface area contributed by atoms with Gasteiger partial charge in [-0.15, -0.1) is 0 Å². The summed E-state index contributed by atoms with van der Waals surface area (Å²) in [5.41, 5.74) is 4.80. The zero-order valence-electron chi connectivity index (χ0n) is 18.3. The second-order valence-electron chi connectivity index (χ2n) is 8.13. The molecule has 3 N–H and O–H groups in total. The van der Waals surface area contributed by atoms with E-state index in [4.69, 9.17) is 24.7 Å². The van der Waals surface area contributed by atoms with Crippen molar-refractivity contribution in [1.82, 2.24) is 10.2 Å². The van der Waals surface area contributed by atoms with Crippen molar-refractivity contribution in [2.24, 2.45) is 11.7 Å². The number of carbonyl (C=O) groups excluding carboxylic acids is 4. The predicted octanol–water partition coefficient (Wildman–Crippen LogP) is -0.250. The first-order valence-corrected chi connectivity index (χ1v) is 10.6. The van der Waals surface area contributed by atoms with Crippen LogP contribution in [0.15, 0.2) is 22.6 Å². The summed E-state index contributed by atoms with van der Waals surface area (Å²) < 4.78 is 21.5. The van der Waals surface area contributed by atoms with E-state index in [2.05, 4.69) is 5.32 Å². The van der Waals surface area contributed by atoms with E-state index in [1.807, 2.05) is 4.90 Å². The van der Waals surface area contributed by atoms with Crippen molar-refractivity contribution < 1.29 is 38.1 Å². The molecule has 4 rings (SSSR count). The summed E-state index contributed by atoms with van der Waals surface area (Å²) in [5.74, 6) is -1.91. The first-order valence-electron chi connectivity index (χ1n) is 10.6. The molecule has 4 aliphatic rings. The topological polar surface area (TPSA) is 156 Å². The number of amides is 1. The van der Waals surface area contributed by atoms with Gasteiger partial charge in [-0.05, 0) is 20.3 Å². The number of allylic oxidation sites excluding steroid dienone is 2. The first-order chi connectivity index (χ1) is 15.3. The van der Waals surface area contributed by atoms with E-state index in [0.717, 1.165) is 0 Å². The van der Waals surface area contributed by atoms with Crippen LogP contribution >= 0.6 is 0 Å². The van der Waals surface area contributed by atoms with Gasteiger partial charge in [0.2, 0.25) is 11.6 Å². The Balaban J connectivity index is 1.58. The molecule has 0 bridgehead atoms. The Morgan fingerprint density at radius 3 is 2.66 bits per heavy atom. The number of fused-ring (bicyclic) bond motifs is 4. The highest BCUT2D eigenvalue weighted by Crippen LogP contribution is 2.55. The fourth-order valence-electron chi connectivity index (χ4n) is 5.07. The van der Waals surface area contributed by atoms with Crippen molar-refractivity contribution in [1.29, 1.82) is 0 Å². The van der Waals surface area contributed by atoms with E-state index in [1.165, 1.54) is 7.11 Å². The SMILES string of the molecule is CCOC(=O)CCCOC1=C(C)C(=O)C2=C(C1=O)C(COC(N)=O)[C@@]1(OC)C3NC3CN21. The van der Waals surface area contributed by atoms with Crippen molar-refractivity contribution in [3.63, 3.8) is 0 Å². The van der Waals surface area contributed by atoms with Crippen molar-refractivity contribution in [2.45, 2.75) is 44.5 Å². The molecule has 0 aromatic heterocycles. The van der Waals surface area contributed by atoms with Crippen molar-refractivity contribution in [3.05, 3.63) is 22.6 Å². The minimum Gasteiger partial charge on any atom is -0.489 e. The third-order valence-corrected chi connectivity index (χ3v) is 6.45. The van der Waals surface area contributed by atoms with E-state index < -0.39 is 23.5 Å². The number of ketones is 2. The minimum atomic E-state index is -1.03. The van der Waals surface area contributed by atoms with E-state index in [1.54, 1.807) is 13.8 Å². The molecule has 1 amide bonds. The largest absolute Gasteiger partial charge is 0.489 e. The molecule has 1 aliphatic carbocycles. The standard InChI is InChI=1S/C21H27N3O8/c1-4-30-13(25)6-5-7-31-18-10(2)16(26)15-14(17(18)27)11(9-32-20(22)28)21(29-3)19-12(23-19)8-24(15)21/h11-12,19,23H,4-9H2,1-3H3,(H2,22,28)/t11?,12?,19?,21-/m1/s1. The lowest BCUT2D eigenvalue weighted by Crippen LogP contribution is -2.55. The molecule has 11 heteroatoms. The van der Waals surface area contributed by atoms with Gasteiger partial charge >= 0.3 is 12.1 Å². The molecule has 0 saturated carbocycles. The van der Waals surface area contributed by atoms with Gasteiger partial charge in [-0.1, -0.05) is 0 Å². The molecule has 3 heterocycles. The van der Waals surface area contributed by atoms with Gasteiger partial charge in [0, 0.05) is 37.3 Å². The number of methoxy groups -OCH3 is 1. The van der Waals surface area contributed by atoms with E-state index in [0.29, 0.717) is 13.0 Å². The highest BCUT2D eigenvalue weighted by atomic mass is 16.6. The van der Waals surface area contributed by atoms with Crippen LogP contribution < -0.4 is 11.1 Å². The maximum atomic E-state index is 13.5. The van der Waals surface area contributed by atoms with Gasteiger partial charge in [0.15, 0.2) is 11.5 Å². The zero-order valence-corrected chi connectivity index (χ0v) is 18.3. The molecule has 2 saturated heterocycles. The summed E-state index contributed by atoms with van der Waals surface area (Å²) in [7, 11) is 1.51. The number of nitrogens with zero attached hydrogens (tertiary/aromatic N) is 1. The molecule has 4 atom stereocenters. The number of nitrogens with two attached hydrogens (primary N) is 1. The number of rotatable bonds is 9. The lowest BCUT2D eigenvalue weighted by Gasteiger charge is -2.39. The van der Waals surface area contributed by atoms with Gasteiger partial charge in [-0.3, -0.25) is 14.4 Å². The van der Waals surface area contributed by atoms with Gasteiger partial charge in [-0.2, -0.15) is 0 Å². The van der Waals surface area contributed by atoms with Gasteiger partial charge in [-0.25, -0.2) is 4.79 Å². The average molecular weight is 449 g/mol. The highest BCUT2D eigenvalue weighted by Gasteiger charge is 2.72. The molecule has 0 aromatic rings. The Labute approximate surface area is 184 Å². The van der Waals surface area contributed by atoms with Gasteiger partial charge in [0.05, 0.1) is 30.9 Å². The molecule has 32 heavy (non-hydrogen) atoms. The Morgan fingerprint density at radius 2 is 2.00 bits per heavy atom. The number of hydrogen-bond acceptors (Lipinski definition) is 10. The number of esters is 1. The molecular formula is C21H27N3O8. The van der Waals surface area contributed by atoms with Crippen LogP contribution in [-0.4, -0.2) is 79.8 Å². The van der Waals surface area contributed by atoms with Crippen LogP contribution in [0.4, 0.5) is 4.79 Å². The second kappa shape index (κ2) is 8.21. The number of ether oxygens (including phenoxy) is 4. The molecule has 0 aromatic carbocycles. The third-order valence-electron chi connectivity index (χ3n) is 6.45. The molecular weight excluding hydrogens is 422 g/mol. The summed E-state index contributed by atoms with van der Waals surface area (Å²) in [4.78, 5) is 51.5. The lowest BCUT2D eigenvalue weighted by molar-refractivity contribution is -0.143. The van der Waals surface area contributed by atoms with Crippen LogP contribution in [0.25, 0.3) is 0 Å². The van der Waals surface area contributed by atoms with E-state index >= 15 is 0 Å². The maximum absolute atomic E-state index is 13.5. The smallest absolute Gasteiger partial charge is 0.404 e. The first kappa shape index (κ1) is 22.3. The maximum Gasteiger partial charge on any atom is 0.404 e. The minimum absolute atomic E-state index is 0.0607. The molecule has 174 valence electrons. The third kappa shape index (κ3) is 3.27. The fourth-order valence-corrected chi connectivity index (χ4v) is 5.07. The number of nitrogens with one attached hydrogen (secondary N) is 1. The summed E-state index contributed by atoms with van der Waals surface area (Å²) in [6.45, 7) is 3.90. The number of hydrogen-bond donors (Lipinski definition) is 2. The Hall–Kier alpha value is -2.92. The van der Waals surface area contributed by atoms with Crippen molar-refractivity contribution in [3.8, 4) is 0 Å². The number of piperazine rings is 1. The average Bonchev–Trinajstić information content (AvgIpc) is 3.36. The zero-order chi connectivity index (χ0) is 23.2. The highest BCUT2D eigenvalue weighted by molar-refractivity contribution is 6.25. The van der Waals surface area contributed by atoms with Gasteiger partial charge in [0.25, 0.3) is 0 Å². The van der Waals surface area contributed by atoms with Crippen LogP contribution in [0.3, 0.4) is 0 Å². The second-order valence-corrected chi connectivity index (χ2v) is 8.13. The lowest BCUT2D eigenvalue weighted by atomic mass is 9.83. The van der Waals surface area contributed by atoms with Crippen molar-refractivity contribution in [2.75, 3.05) is 33.5 Å². The quantitative estimate of drug-likeness (QED) is 0.208. The summed E-state index contributed by atoms with van der Waals surface area (Å²) in [6, 6.07) is 0.00205. The van der Waals surface area contributed by atoms with Gasteiger partial charge in [0.1, 0.15) is 6.61 Å². The summed E-state index contributed by atoms with van der Waals surface area (Å²) in [6.07, 6.45) is -0.508. The van der Waals surface area contributed by atoms with Crippen LogP contribution in [0, 0.1) is 5.92 Å². The Kier molecular flexibility index (Phi) is 5.72. The molecule has 0 spiro atoms. The fraction of sp³-hybridized carbons (Fsp3) is 0.619. The monoisotopic (exact) mass is 449 g/mol. The molecule has 0 radical (unpaired) electrons. The Morgan fingerprint density at radius 1 is 1.25 bits per heavy atom. The van der Waals surface area contributed by atoms with Crippen LogP contribution in [-0.2, 0) is 33.3 Å². The molecule has 11 nitrogen and oxygen atoms in total. The summed E-state index contributed by atoms with van der Waals surface area (Å²) in [5, 5.41) is 3.30. The normalized spacial score (nSPS) is 30.2. The molecule has 2 fully saturated rings. The number of Topliss-reactive ketones (excluding diaryl/α,β-unsaturated/α-hetero) is 2. The molecule has 3 unspecified atom stereocenters. The van der Waals surface area contributed by atoms with Crippen molar-refractivity contribution >= 4 is 23.6 Å². The van der Waals surface area contributed by atoms with Crippen LogP contribution in [0.2, 0.25) is 0 Å². The number of primary amides is 1. The van der Waals surface area contributed by atoms with E-state index in [-0.39, 0.29) is 72.7 Å². The van der Waals surface area contributed by atoms with E-state index in [9.17, 15) is 19.2 Å². The Bertz CT molecular complexity index is 941. The molecule has 3 aliphatic heterocycles.